The van der Waals surface area contributed by atoms with Crippen LogP contribution in [0.15, 0.2) is 0 Å². The van der Waals surface area contributed by atoms with Gasteiger partial charge in [0.05, 0.1) is 37.6 Å². The van der Waals surface area contributed by atoms with Crippen LogP contribution in [0.1, 0.15) is 25.7 Å². The van der Waals surface area contributed by atoms with E-state index in [0.717, 1.165) is 0 Å². The van der Waals surface area contributed by atoms with Gasteiger partial charge in [0.1, 0.15) is 73.2 Å². The molecule has 0 radical (unpaired) electrons. The van der Waals surface area contributed by atoms with E-state index >= 15 is 0 Å². The van der Waals surface area contributed by atoms with Crippen molar-refractivity contribution in [2.24, 2.45) is 0 Å². The van der Waals surface area contributed by atoms with Gasteiger partial charge in [0.2, 0.25) is 0 Å². The smallest absolute Gasteiger partial charge is 0.187 e. The molecule has 0 aliphatic carbocycles. The van der Waals surface area contributed by atoms with Crippen molar-refractivity contribution < 1.29 is 106 Å². The minimum Gasteiger partial charge on any atom is -0.396 e. The third-order valence-electron chi connectivity index (χ3n) is 12.0. The lowest BCUT2D eigenvalue weighted by molar-refractivity contribution is -0.370. The molecule has 366 valence electrons. The maximum atomic E-state index is 10.1. The standard InChI is InChI=1S/C40H74O22/c1-45-25-21(11-15-41)59-39(35(53-9)29(25)47-3)61-27-23(13-17-43)57-37(33(51-7)31(27)49-5)55-19-20-56-38-34(52-8)32(50-6)28(24(58-38)14-18-44)62-40-36(54-10)30(48-4)26(46-2)22(60-40)12-16-42/h21-44H,11-20H2,1-10H3/t21?,22?,23?,24?,25-,26+,27-,28?,29?,30+,31?,32+,33?,34?,35?,36?,37+,38+,39+,40?/m0/s1. The predicted octanol–water partition coefficient (Wildman–Crippen LogP) is -1.63. The average molecular weight is 907 g/mol. The van der Waals surface area contributed by atoms with Gasteiger partial charge in [-0.2, -0.15) is 0 Å². The van der Waals surface area contributed by atoms with Crippen LogP contribution in [0.3, 0.4) is 0 Å². The molecule has 0 saturated carbocycles. The molecule has 12 unspecified atom stereocenters. The Labute approximate surface area is 364 Å². The lowest BCUT2D eigenvalue weighted by Crippen LogP contribution is -2.65. The maximum Gasteiger partial charge on any atom is 0.187 e. The molecule has 4 fully saturated rings. The minimum absolute atomic E-state index is 0.0120. The maximum absolute atomic E-state index is 10.1. The monoisotopic (exact) mass is 906 g/mol. The van der Waals surface area contributed by atoms with E-state index in [1.54, 1.807) is 0 Å². The van der Waals surface area contributed by atoms with Crippen molar-refractivity contribution in [1.82, 2.24) is 0 Å². The lowest BCUT2D eigenvalue weighted by Gasteiger charge is -2.49. The molecule has 0 aromatic carbocycles. The van der Waals surface area contributed by atoms with Crippen LogP contribution >= 0.6 is 0 Å². The topological polar surface area (TPSA) is 247 Å². The molecule has 0 aromatic heterocycles. The molecule has 4 saturated heterocycles. The van der Waals surface area contributed by atoms with Gasteiger partial charge in [-0.25, -0.2) is 0 Å². The quantitative estimate of drug-likeness (QED) is 0.0676. The number of methoxy groups -OCH3 is 10. The number of hydrogen-bond acceptors (Lipinski definition) is 22. The van der Waals surface area contributed by atoms with Gasteiger partial charge in [-0.3, -0.25) is 0 Å². The highest BCUT2D eigenvalue weighted by molar-refractivity contribution is 4.98. The fourth-order valence-corrected chi connectivity index (χ4v) is 9.04. The molecule has 4 heterocycles. The first kappa shape index (κ1) is 53.7. The summed E-state index contributed by atoms with van der Waals surface area (Å²) in [4.78, 5) is 0. The summed E-state index contributed by atoms with van der Waals surface area (Å²) in [6, 6.07) is 0. The van der Waals surface area contributed by atoms with E-state index in [0.29, 0.717) is 0 Å². The second kappa shape index (κ2) is 27.7. The van der Waals surface area contributed by atoms with Crippen LogP contribution in [0.5, 0.6) is 0 Å². The molecule has 22 nitrogen and oxygen atoms in total. The Hall–Kier alpha value is -0.880. The molecular formula is C40H74O22. The lowest BCUT2D eigenvalue weighted by atomic mass is 9.94. The number of aliphatic hydroxyl groups is 4. The first-order valence-corrected chi connectivity index (χ1v) is 21.0. The highest BCUT2D eigenvalue weighted by Gasteiger charge is 2.55. The molecule has 4 aliphatic rings. The molecule has 4 aliphatic heterocycles. The first-order valence-electron chi connectivity index (χ1n) is 21.0. The van der Waals surface area contributed by atoms with E-state index in [9.17, 15) is 20.4 Å². The number of hydrogen-bond donors (Lipinski definition) is 4. The zero-order chi connectivity index (χ0) is 45.3. The summed E-state index contributed by atoms with van der Waals surface area (Å²) in [5.74, 6) is 0. The van der Waals surface area contributed by atoms with E-state index in [4.69, 9.17) is 85.3 Å². The van der Waals surface area contributed by atoms with Crippen LogP contribution < -0.4 is 0 Å². The van der Waals surface area contributed by atoms with Crippen molar-refractivity contribution in [3.63, 3.8) is 0 Å². The zero-order valence-corrected chi connectivity index (χ0v) is 37.8. The molecule has 4 rings (SSSR count). The summed E-state index contributed by atoms with van der Waals surface area (Å²) in [5, 5.41) is 39.8. The van der Waals surface area contributed by atoms with Crippen LogP contribution in [-0.2, 0) is 85.3 Å². The van der Waals surface area contributed by atoms with Crippen molar-refractivity contribution >= 4 is 0 Å². The summed E-state index contributed by atoms with van der Waals surface area (Å²) in [6.45, 7) is -0.825. The highest BCUT2D eigenvalue weighted by Crippen LogP contribution is 2.37. The van der Waals surface area contributed by atoms with E-state index in [2.05, 4.69) is 0 Å². The van der Waals surface area contributed by atoms with Gasteiger partial charge in [0, 0.05) is 97.5 Å². The minimum atomic E-state index is -1.01. The Morgan fingerprint density at radius 1 is 0.290 bits per heavy atom. The Kier molecular flexibility index (Phi) is 24.0. The molecule has 0 amide bonds. The van der Waals surface area contributed by atoms with E-state index < -0.39 is 123 Å². The number of aliphatic hydroxyl groups excluding tert-OH is 4. The average Bonchev–Trinajstić information content (AvgIpc) is 3.28. The predicted molar refractivity (Wildman–Crippen MR) is 211 cm³/mol. The normalized spacial score (nSPS) is 41.7. The SMILES string of the molecule is COC1C(OC)[C@@H](O[C@H]2OC(CCO)[C@H](OC)C(OC)C2OC)C(CCO)O[C@H]1OCCO[C@@H]1OC(CCO)C(OC2OC(CCO)[C@@H](OC)[C@@H](OC)C2OC)[C@@H](OC)C1OC. The number of rotatable bonds is 27. The fraction of sp³-hybridized carbons (Fsp3) is 1.00. The van der Waals surface area contributed by atoms with Gasteiger partial charge in [0.15, 0.2) is 25.2 Å². The molecule has 0 spiro atoms. The van der Waals surface area contributed by atoms with Gasteiger partial charge in [-0.1, -0.05) is 0 Å². The Bertz CT molecular complexity index is 1110. The van der Waals surface area contributed by atoms with Crippen molar-refractivity contribution in [3.8, 4) is 0 Å². The third-order valence-corrected chi connectivity index (χ3v) is 12.0. The second-order valence-electron chi connectivity index (χ2n) is 15.2. The molecule has 4 N–H and O–H groups in total. The first-order chi connectivity index (χ1) is 30.2. The Morgan fingerprint density at radius 2 is 0.516 bits per heavy atom. The Balaban J connectivity index is 1.45. The number of ether oxygens (including phenoxy) is 18. The summed E-state index contributed by atoms with van der Waals surface area (Å²) in [7, 11) is 15.1. The van der Waals surface area contributed by atoms with Crippen LogP contribution in [0, 0.1) is 0 Å². The fourth-order valence-electron chi connectivity index (χ4n) is 9.04. The van der Waals surface area contributed by atoms with Gasteiger partial charge in [-0.05, 0) is 25.7 Å². The van der Waals surface area contributed by atoms with E-state index in [-0.39, 0.29) is 65.3 Å². The van der Waals surface area contributed by atoms with Crippen molar-refractivity contribution in [2.45, 2.75) is 149 Å². The molecule has 0 bridgehead atoms. The van der Waals surface area contributed by atoms with Crippen molar-refractivity contribution in [2.75, 3.05) is 111 Å². The van der Waals surface area contributed by atoms with Gasteiger partial charge in [0.25, 0.3) is 0 Å². The second-order valence-corrected chi connectivity index (χ2v) is 15.2. The summed E-state index contributed by atoms with van der Waals surface area (Å²) in [5.41, 5.74) is 0. The van der Waals surface area contributed by atoms with Gasteiger partial charge in [-0.15, -0.1) is 0 Å². The highest BCUT2D eigenvalue weighted by atomic mass is 16.8. The van der Waals surface area contributed by atoms with Crippen LogP contribution in [0.2, 0.25) is 0 Å². The third kappa shape index (κ3) is 12.6. The van der Waals surface area contributed by atoms with Crippen molar-refractivity contribution in [1.29, 1.82) is 0 Å². The molecule has 62 heavy (non-hydrogen) atoms. The van der Waals surface area contributed by atoms with Crippen LogP contribution in [-0.4, -0.2) is 254 Å². The van der Waals surface area contributed by atoms with Crippen molar-refractivity contribution in [3.05, 3.63) is 0 Å². The van der Waals surface area contributed by atoms with Gasteiger partial charge < -0.3 is 106 Å². The molecule has 22 heteroatoms. The van der Waals surface area contributed by atoms with E-state index in [1.807, 2.05) is 0 Å². The largest absolute Gasteiger partial charge is 0.396 e. The van der Waals surface area contributed by atoms with Crippen LogP contribution in [0.4, 0.5) is 0 Å². The molecule has 0 aromatic rings. The Morgan fingerprint density at radius 3 is 0.774 bits per heavy atom. The molecular weight excluding hydrogens is 832 g/mol. The summed E-state index contributed by atoms with van der Waals surface area (Å²) in [6.07, 6.45) is -14.6. The molecule has 20 atom stereocenters. The summed E-state index contributed by atoms with van der Waals surface area (Å²) < 4.78 is 109. The zero-order valence-electron chi connectivity index (χ0n) is 37.8. The summed E-state index contributed by atoms with van der Waals surface area (Å²) >= 11 is 0. The van der Waals surface area contributed by atoms with E-state index in [1.165, 1.54) is 71.1 Å². The van der Waals surface area contributed by atoms with Gasteiger partial charge >= 0.3 is 0 Å². The van der Waals surface area contributed by atoms with Crippen LogP contribution in [0.25, 0.3) is 0 Å².